The minimum Gasteiger partial charge on any atom is -0.350 e. The fraction of sp³-hybridized carbons (Fsp3) is 0.400. The topological polar surface area (TPSA) is 175 Å². The molecule has 336 valence electrons. The van der Waals surface area contributed by atoms with Crippen molar-refractivity contribution in [3.63, 3.8) is 0 Å². The molecule has 6 amide bonds. The molecule has 4 N–H and O–H groups in total. The number of carbonyl (C=O) groups is 6. The number of nitrogens with zero attached hydrogens (tertiary/aromatic N) is 2. The van der Waals surface area contributed by atoms with Gasteiger partial charge in [0.15, 0.2) is 0 Å². The summed E-state index contributed by atoms with van der Waals surface area (Å²) in [7, 11) is 0. The monoisotopic (exact) mass is 870 g/mol. The first-order chi connectivity index (χ1) is 30.5. The highest BCUT2D eigenvalue weighted by Gasteiger charge is 2.55. The maximum atomic E-state index is 15.2. The Morgan fingerprint density at radius 3 is 0.938 bits per heavy atom. The van der Waals surface area contributed by atoms with Gasteiger partial charge in [-0.15, -0.1) is 0 Å². The van der Waals surface area contributed by atoms with Crippen molar-refractivity contribution in [2.75, 3.05) is 0 Å². The van der Waals surface area contributed by atoms with Crippen LogP contribution in [-0.4, -0.2) is 105 Å². The first-order valence-corrected chi connectivity index (χ1v) is 21.9. The number of nitrogens with one attached hydrogen (secondary N) is 4. The van der Waals surface area contributed by atoms with Gasteiger partial charge in [-0.1, -0.05) is 121 Å². The molecule has 8 atom stereocenters. The second kappa shape index (κ2) is 19.2. The van der Waals surface area contributed by atoms with Gasteiger partial charge < -0.3 is 30.7 Å². The Kier molecular flexibility index (Phi) is 13.7. The SMILES string of the molecule is C[C@@H]1OC(C)(C)N2C(=O)[C@H](Cc3ccccc3)NC(=O)[C@H](Cc3ccccc3)NC(=O)[C@@H]3[C@H](C)OC(C)(C)N3C(=O)[C@H](Cc3ccccc3)NC(=O)[C@H](Cc3ccccc3)NC(=O)[C@H]12. The van der Waals surface area contributed by atoms with Gasteiger partial charge in [0.05, 0.1) is 12.2 Å². The lowest BCUT2D eigenvalue weighted by Crippen LogP contribution is -2.65. The molecule has 3 saturated heterocycles. The van der Waals surface area contributed by atoms with Gasteiger partial charge in [-0.2, -0.15) is 0 Å². The Morgan fingerprint density at radius 2 is 0.656 bits per heavy atom. The second-order valence-corrected chi connectivity index (χ2v) is 17.8. The molecule has 3 aliphatic heterocycles. The van der Waals surface area contributed by atoms with E-state index in [-0.39, 0.29) is 25.7 Å². The van der Waals surface area contributed by atoms with Crippen molar-refractivity contribution in [3.8, 4) is 0 Å². The van der Waals surface area contributed by atoms with Gasteiger partial charge in [-0.25, -0.2) is 0 Å². The summed E-state index contributed by atoms with van der Waals surface area (Å²) in [4.78, 5) is 92.3. The van der Waals surface area contributed by atoms with Crippen LogP contribution in [0.25, 0.3) is 0 Å². The maximum absolute atomic E-state index is 15.2. The summed E-state index contributed by atoms with van der Waals surface area (Å²) in [5, 5.41) is 11.8. The van der Waals surface area contributed by atoms with Crippen molar-refractivity contribution < 1.29 is 38.2 Å². The van der Waals surface area contributed by atoms with Gasteiger partial charge in [-0.05, 0) is 63.8 Å². The number of rotatable bonds is 8. The highest BCUT2D eigenvalue weighted by atomic mass is 16.5. The highest BCUT2D eigenvalue weighted by Crippen LogP contribution is 2.35. The molecule has 4 aromatic rings. The first kappa shape index (κ1) is 45.6. The van der Waals surface area contributed by atoms with E-state index in [4.69, 9.17) is 9.47 Å². The molecule has 0 spiro atoms. The lowest BCUT2D eigenvalue weighted by atomic mass is 9.98. The zero-order valence-corrected chi connectivity index (χ0v) is 37.2. The van der Waals surface area contributed by atoms with Crippen molar-refractivity contribution in [3.05, 3.63) is 144 Å². The smallest absolute Gasteiger partial charge is 0.248 e. The average molecular weight is 871 g/mol. The van der Waals surface area contributed by atoms with E-state index in [1.165, 1.54) is 9.80 Å². The van der Waals surface area contributed by atoms with Crippen LogP contribution in [0, 0.1) is 0 Å². The summed E-state index contributed by atoms with van der Waals surface area (Å²) in [5.74, 6) is -3.81. The van der Waals surface area contributed by atoms with Crippen LogP contribution in [0.2, 0.25) is 0 Å². The zero-order valence-electron chi connectivity index (χ0n) is 37.2. The Labute approximate surface area is 374 Å². The number of fused-ring (bicyclic) bond motifs is 2. The van der Waals surface area contributed by atoms with E-state index in [2.05, 4.69) is 21.3 Å². The van der Waals surface area contributed by atoms with Crippen LogP contribution in [0.1, 0.15) is 63.8 Å². The van der Waals surface area contributed by atoms with E-state index in [9.17, 15) is 19.2 Å². The third kappa shape index (κ3) is 10.2. The fourth-order valence-electron chi connectivity index (χ4n) is 9.32. The van der Waals surface area contributed by atoms with E-state index in [1.807, 2.05) is 121 Å². The minimum atomic E-state index is -1.34. The molecule has 14 nitrogen and oxygen atoms in total. The van der Waals surface area contributed by atoms with Crippen molar-refractivity contribution in [2.45, 2.75) is 127 Å². The van der Waals surface area contributed by atoms with Crippen molar-refractivity contribution in [1.29, 1.82) is 0 Å². The lowest BCUT2D eigenvalue weighted by molar-refractivity contribution is -0.155. The van der Waals surface area contributed by atoms with Gasteiger partial charge in [0.25, 0.3) is 0 Å². The van der Waals surface area contributed by atoms with Crippen molar-refractivity contribution in [2.24, 2.45) is 0 Å². The molecule has 4 aromatic carbocycles. The molecular formula is C50H58N6O8. The molecule has 0 aliphatic carbocycles. The number of hydrogen-bond donors (Lipinski definition) is 4. The number of carbonyl (C=O) groups excluding carboxylic acids is 6. The molecule has 0 unspecified atom stereocenters. The summed E-state index contributed by atoms with van der Waals surface area (Å²) >= 11 is 0. The molecular weight excluding hydrogens is 813 g/mol. The Balaban J connectivity index is 1.36. The quantitative estimate of drug-likeness (QED) is 0.208. The van der Waals surface area contributed by atoms with E-state index >= 15 is 9.59 Å². The van der Waals surface area contributed by atoms with Gasteiger partial charge in [-0.3, -0.25) is 38.6 Å². The molecule has 14 heteroatoms. The van der Waals surface area contributed by atoms with Crippen molar-refractivity contribution in [1.82, 2.24) is 31.1 Å². The molecule has 3 heterocycles. The number of amides is 6. The first-order valence-electron chi connectivity index (χ1n) is 21.9. The van der Waals surface area contributed by atoms with Crippen LogP contribution >= 0.6 is 0 Å². The molecule has 3 aliphatic rings. The normalized spacial score (nSPS) is 27.6. The molecule has 0 bridgehead atoms. The van der Waals surface area contributed by atoms with Crippen LogP contribution in [0.15, 0.2) is 121 Å². The largest absolute Gasteiger partial charge is 0.350 e. The average Bonchev–Trinajstić information content (AvgIpc) is 3.67. The Hall–Kier alpha value is -6.38. The summed E-state index contributed by atoms with van der Waals surface area (Å²) < 4.78 is 12.6. The van der Waals surface area contributed by atoms with Crippen LogP contribution in [-0.2, 0) is 63.9 Å². The van der Waals surface area contributed by atoms with Crippen LogP contribution in [0.5, 0.6) is 0 Å². The summed E-state index contributed by atoms with van der Waals surface area (Å²) in [5.41, 5.74) is 0.255. The number of benzene rings is 4. The van der Waals surface area contributed by atoms with Gasteiger partial charge in [0.2, 0.25) is 35.4 Å². The third-order valence-electron chi connectivity index (χ3n) is 12.2. The maximum Gasteiger partial charge on any atom is 0.248 e. The molecule has 64 heavy (non-hydrogen) atoms. The molecule has 0 saturated carbocycles. The van der Waals surface area contributed by atoms with E-state index in [1.54, 1.807) is 41.5 Å². The second-order valence-electron chi connectivity index (χ2n) is 17.8. The summed E-state index contributed by atoms with van der Waals surface area (Å²) in [6, 6.07) is 29.2. The fourth-order valence-corrected chi connectivity index (χ4v) is 9.32. The van der Waals surface area contributed by atoms with E-state index in [0.29, 0.717) is 0 Å². The summed E-state index contributed by atoms with van der Waals surface area (Å²) in [6.07, 6.45) is -1.52. The minimum absolute atomic E-state index is 0.0402. The van der Waals surface area contributed by atoms with Gasteiger partial charge in [0.1, 0.15) is 47.7 Å². The molecule has 3 fully saturated rings. The van der Waals surface area contributed by atoms with E-state index in [0.717, 1.165) is 22.3 Å². The lowest BCUT2D eigenvalue weighted by Gasteiger charge is -2.38. The zero-order chi connectivity index (χ0) is 45.8. The van der Waals surface area contributed by atoms with Gasteiger partial charge >= 0.3 is 0 Å². The predicted octanol–water partition coefficient (Wildman–Crippen LogP) is 3.61. The Morgan fingerprint density at radius 1 is 0.406 bits per heavy atom. The van der Waals surface area contributed by atoms with Crippen molar-refractivity contribution >= 4 is 35.4 Å². The number of hydrogen-bond acceptors (Lipinski definition) is 8. The Bertz CT molecular complexity index is 2150. The highest BCUT2D eigenvalue weighted by molar-refractivity contribution is 5.99. The van der Waals surface area contributed by atoms with Crippen LogP contribution in [0.3, 0.4) is 0 Å². The summed E-state index contributed by atoms with van der Waals surface area (Å²) in [6.45, 7) is 10.1. The van der Waals surface area contributed by atoms with Crippen LogP contribution in [0.4, 0.5) is 0 Å². The van der Waals surface area contributed by atoms with E-state index < -0.39 is 95.4 Å². The molecule has 7 rings (SSSR count). The predicted molar refractivity (Wildman–Crippen MR) is 239 cm³/mol. The van der Waals surface area contributed by atoms with Crippen LogP contribution < -0.4 is 21.3 Å². The molecule has 0 radical (unpaired) electrons. The number of ether oxygens (including phenoxy) is 2. The molecule has 0 aromatic heterocycles. The third-order valence-corrected chi connectivity index (χ3v) is 12.2. The van der Waals surface area contributed by atoms with Gasteiger partial charge in [0, 0.05) is 25.7 Å². The standard InChI is InChI=1S/C50H58N6O8/c1-31-41-45(59)51-37(27-33-19-11-7-12-20-33)43(57)54-40(30-36-25-17-10-18-26-36)48(62)56-42(32(2)64-50(56,5)6)46(60)52-38(28-34-21-13-8-14-22-34)44(58)53-39(29-35-23-15-9-16-24-35)47(61)55(41)49(3,4)63-31/h7-26,31-32,37-42H,27-30H2,1-6H3,(H,51,59)(H,52,60)(H,53,58)(H,54,57)/t31-,32-,37-,38-,39-,40-,41-,42-/m0/s1.